The summed E-state index contributed by atoms with van der Waals surface area (Å²) in [5.41, 5.74) is 4.31. The smallest absolute Gasteiger partial charge is 0.341 e. The Hall–Kier alpha value is -3.66. The predicted octanol–water partition coefficient (Wildman–Crippen LogP) is 2.13. The van der Waals surface area contributed by atoms with Crippen LogP contribution in [0.15, 0.2) is 68.2 Å². The minimum absolute atomic E-state index is 0.186. The van der Waals surface area contributed by atoms with E-state index in [-0.39, 0.29) is 23.5 Å². The molecule has 0 aliphatic carbocycles. The number of nitrogens with zero attached hydrogens (tertiary/aromatic N) is 3. The van der Waals surface area contributed by atoms with Gasteiger partial charge < -0.3 is 10.5 Å². The number of carbonyl (C=O) groups is 2. The Morgan fingerprint density at radius 1 is 1.12 bits per heavy atom. The molecule has 0 atom stereocenters. The summed E-state index contributed by atoms with van der Waals surface area (Å²) >= 11 is 1.28. The lowest BCUT2D eigenvalue weighted by Crippen LogP contribution is -2.43. The molecule has 9 nitrogen and oxygen atoms in total. The third-order valence-electron chi connectivity index (χ3n) is 4.59. The van der Waals surface area contributed by atoms with E-state index < -0.39 is 29.6 Å². The molecule has 2 N–H and O–H groups in total. The summed E-state index contributed by atoms with van der Waals surface area (Å²) < 4.78 is 7.14. The Kier molecular flexibility index (Phi) is 7.26. The van der Waals surface area contributed by atoms with Crippen molar-refractivity contribution < 1.29 is 14.3 Å². The van der Waals surface area contributed by atoms with E-state index in [4.69, 9.17) is 10.5 Å². The Morgan fingerprint density at radius 3 is 2.53 bits per heavy atom. The number of carbonyl (C=O) groups excluding carboxylic acids is 2. The van der Waals surface area contributed by atoms with Crippen molar-refractivity contribution in [2.24, 2.45) is 7.05 Å². The molecule has 166 valence electrons. The minimum atomic E-state index is -0.831. The maximum atomic E-state index is 12.7. The first kappa shape index (κ1) is 23.0. The molecule has 0 spiro atoms. The molecule has 0 fully saturated rings. The first-order chi connectivity index (χ1) is 15.3. The summed E-state index contributed by atoms with van der Waals surface area (Å²) in [6.45, 7) is 1.38. The molecule has 3 rings (SSSR count). The molecule has 0 unspecified atom stereocenters. The predicted molar refractivity (Wildman–Crippen MR) is 120 cm³/mol. The molecule has 2 heterocycles. The van der Waals surface area contributed by atoms with Crippen molar-refractivity contribution in [3.8, 4) is 0 Å². The molecule has 0 bridgehead atoms. The molecule has 0 saturated carbocycles. The van der Waals surface area contributed by atoms with E-state index >= 15 is 0 Å². The first-order valence-electron chi connectivity index (χ1n) is 9.82. The maximum absolute atomic E-state index is 12.7. The van der Waals surface area contributed by atoms with Gasteiger partial charge in [0.2, 0.25) is 5.78 Å². The second kappa shape index (κ2) is 10.1. The standard InChI is InChI=1S/C22H22N4O5S/c1-3-12-26-18(23)17(20(28)25(2)22(26)30)16(27)13-31-21(29)15-10-7-11-24-19(15)32-14-8-5-4-6-9-14/h4-11H,3,12-13,23H2,1-2H3. The molecule has 3 aromatic rings. The molecule has 0 amide bonds. The fraction of sp³-hybridized carbons (Fsp3) is 0.227. The lowest BCUT2D eigenvalue weighted by molar-refractivity contribution is 0.0470. The zero-order chi connectivity index (χ0) is 23.3. The zero-order valence-corrected chi connectivity index (χ0v) is 18.4. The third kappa shape index (κ3) is 4.80. The van der Waals surface area contributed by atoms with Gasteiger partial charge in [-0.1, -0.05) is 36.9 Å². The monoisotopic (exact) mass is 454 g/mol. The molecule has 1 aromatic carbocycles. The van der Waals surface area contributed by atoms with Gasteiger partial charge in [0, 0.05) is 24.7 Å². The molecule has 32 heavy (non-hydrogen) atoms. The summed E-state index contributed by atoms with van der Waals surface area (Å²) in [5, 5.41) is 0.420. The lowest BCUT2D eigenvalue weighted by Gasteiger charge is -2.14. The van der Waals surface area contributed by atoms with Crippen molar-refractivity contribution in [1.29, 1.82) is 0 Å². The molecule has 10 heteroatoms. The SMILES string of the molecule is CCCn1c(N)c(C(=O)COC(=O)c2cccnc2Sc2ccccc2)c(=O)n(C)c1=O. The number of hydrogen-bond acceptors (Lipinski definition) is 8. The summed E-state index contributed by atoms with van der Waals surface area (Å²) in [7, 11) is 1.27. The van der Waals surface area contributed by atoms with Crippen LogP contribution in [0.1, 0.15) is 34.1 Å². The number of nitrogen functional groups attached to an aromatic ring is 1. The Morgan fingerprint density at radius 2 is 1.84 bits per heavy atom. The second-order valence-corrected chi connectivity index (χ2v) is 7.89. The Bertz CT molecular complexity index is 1270. The van der Waals surface area contributed by atoms with Crippen molar-refractivity contribution in [1.82, 2.24) is 14.1 Å². The van der Waals surface area contributed by atoms with Crippen LogP contribution in [-0.4, -0.2) is 32.5 Å². The van der Waals surface area contributed by atoms with Crippen LogP contribution in [0, 0.1) is 0 Å². The van der Waals surface area contributed by atoms with Crippen molar-refractivity contribution in [2.75, 3.05) is 12.3 Å². The number of Topliss-reactive ketones (excluding diaryl/α,β-unsaturated/α-hetero) is 1. The number of pyridine rings is 1. The van der Waals surface area contributed by atoms with Gasteiger partial charge in [-0.15, -0.1) is 0 Å². The summed E-state index contributed by atoms with van der Waals surface area (Å²) in [6, 6.07) is 12.5. The van der Waals surface area contributed by atoms with Crippen molar-refractivity contribution >= 4 is 29.3 Å². The summed E-state index contributed by atoms with van der Waals surface area (Å²) in [5.74, 6) is -1.78. The van der Waals surface area contributed by atoms with E-state index in [2.05, 4.69) is 4.98 Å². The maximum Gasteiger partial charge on any atom is 0.341 e. The molecule has 0 aliphatic rings. The number of anilines is 1. The first-order valence-corrected chi connectivity index (χ1v) is 10.6. The normalized spacial score (nSPS) is 10.7. The molecular weight excluding hydrogens is 432 g/mol. The van der Waals surface area contributed by atoms with Gasteiger partial charge >= 0.3 is 11.7 Å². The quantitative estimate of drug-likeness (QED) is 0.405. The van der Waals surface area contributed by atoms with E-state index in [1.807, 2.05) is 37.3 Å². The van der Waals surface area contributed by atoms with Gasteiger partial charge in [0.05, 0.1) is 5.56 Å². The highest BCUT2D eigenvalue weighted by atomic mass is 32.2. The van der Waals surface area contributed by atoms with Crippen molar-refractivity contribution in [2.45, 2.75) is 29.8 Å². The van der Waals surface area contributed by atoms with Gasteiger partial charge in [-0.25, -0.2) is 14.6 Å². The summed E-state index contributed by atoms with van der Waals surface area (Å²) in [6.07, 6.45) is 2.13. The fourth-order valence-corrected chi connectivity index (χ4v) is 3.89. The van der Waals surface area contributed by atoms with Crippen LogP contribution in [0.25, 0.3) is 0 Å². The van der Waals surface area contributed by atoms with Gasteiger partial charge in [0.1, 0.15) is 16.4 Å². The highest BCUT2D eigenvalue weighted by Gasteiger charge is 2.23. The van der Waals surface area contributed by atoms with Crippen LogP contribution in [0.4, 0.5) is 5.82 Å². The van der Waals surface area contributed by atoms with E-state index in [0.29, 0.717) is 11.4 Å². The van der Waals surface area contributed by atoms with Gasteiger partial charge in [0.25, 0.3) is 5.56 Å². The van der Waals surface area contributed by atoms with Crippen LogP contribution in [0.5, 0.6) is 0 Å². The molecule has 2 aromatic heterocycles. The molecule has 0 saturated heterocycles. The van der Waals surface area contributed by atoms with Crippen LogP contribution < -0.4 is 17.0 Å². The van der Waals surface area contributed by atoms with Gasteiger partial charge in [0.15, 0.2) is 6.61 Å². The average Bonchev–Trinajstić information content (AvgIpc) is 2.80. The number of rotatable bonds is 8. The number of benzene rings is 1. The molecule has 0 radical (unpaired) electrons. The third-order valence-corrected chi connectivity index (χ3v) is 5.62. The van der Waals surface area contributed by atoms with Crippen LogP contribution in [0.2, 0.25) is 0 Å². The number of nitrogens with two attached hydrogens (primary N) is 1. The molecular formula is C22H22N4O5S. The van der Waals surface area contributed by atoms with Gasteiger partial charge in [-0.3, -0.25) is 18.7 Å². The second-order valence-electron chi connectivity index (χ2n) is 6.83. The fourth-order valence-electron chi connectivity index (χ4n) is 2.99. The van der Waals surface area contributed by atoms with Crippen LogP contribution in [-0.2, 0) is 18.3 Å². The van der Waals surface area contributed by atoms with Crippen molar-refractivity contribution in [3.05, 3.63) is 80.6 Å². The number of ether oxygens (including phenoxy) is 1. The summed E-state index contributed by atoms with van der Waals surface area (Å²) in [4.78, 5) is 55.2. The number of esters is 1. The number of ketones is 1. The van der Waals surface area contributed by atoms with Crippen molar-refractivity contribution in [3.63, 3.8) is 0 Å². The zero-order valence-electron chi connectivity index (χ0n) is 17.6. The largest absolute Gasteiger partial charge is 0.454 e. The van der Waals surface area contributed by atoms with Crippen LogP contribution >= 0.6 is 11.8 Å². The molecule has 0 aliphatic heterocycles. The Labute approximate surface area is 187 Å². The van der Waals surface area contributed by atoms with E-state index in [9.17, 15) is 19.2 Å². The highest BCUT2D eigenvalue weighted by molar-refractivity contribution is 7.99. The lowest BCUT2D eigenvalue weighted by atomic mass is 10.2. The highest BCUT2D eigenvalue weighted by Crippen LogP contribution is 2.28. The van der Waals surface area contributed by atoms with E-state index in [0.717, 1.165) is 14.0 Å². The number of hydrogen-bond donors (Lipinski definition) is 1. The van der Waals surface area contributed by atoms with Crippen LogP contribution in [0.3, 0.4) is 0 Å². The average molecular weight is 455 g/mol. The van der Waals surface area contributed by atoms with E-state index in [1.165, 1.54) is 18.8 Å². The minimum Gasteiger partial charge on any atom is -0.454 e. The topological polar surface area (TPSA) is 126 Å². The van der Waals surface area contributed by atoms with Gasteiger partial charge in [-0.2, -0.15) is 0 Å². The Balaban J connectivity index is 1.82. The van der Waals surface area contributed by atoms with E-state index in [1.54, 1.807) is 18.3 Å². The number of aromatic nitrogens is 3. The van der Waals surface area contributed by atoms with Gasteiger partial charge in [-0.05, 0) is 30.7 Å².